The summed E-state index contributed by atoms with van der Waals surface area (Å²) in [5.41, 5.74) is 0. The Morgan fingerprint density at radius 2 is 2.28 bits per heavy atom. The highest BCUT2D eigenvalue weighted by atomic mass is 32.2. The second-order valence-corrected chi connectivity index (χ2v) is 8.33. The van der Waals surface area contributed by atoms with Crippen LogP contribution in [0, 0.1) is 11.3 Å². The molecule has 0 spiro atoms. The number of thiophene rings is 1. The van der Waals surface area contributed by atoms with Crippen LogP contribution in [0.2, 0.25) is 0 Å². The molecule has 0 saturated carbocycles. The Morgan fingerprint density at radius 1 is 1.50 bits per heavy atom. The molecule has 1 fully saturated rings. The van der Waals surface area contributed by atoms with E-state index >= 15 is 0 Å². The molecule has 6 heteroatoms. The molecular weight excluding hydrogens is 268 g/mol. The van der Waals surface area contributed by atoms with Gasteiger partial charge in [0.25, 0.3) is 0 Å². The SMILES string of the molecule is CC1CCN(Cc2ccc(C#N)s2)CCS1(=O)=O. The minimum Gasteiger partial charge on any atom is -0.297 e. The Morgan fingerprint density at radius 3 is 2.94 bits per heavy atom. The topological polar surface area (TPSA) is 61.2 Å². The van der Waals surface area contributed by atoms with Crippen LogP contribution in [0.15, 0.2) is 12.1 Å². The molecule has 0 N–H and O–H groups in total. The smallest absolute Gasteiger partial charge is 0.154 e. The summed E-state index contributed by atoms with van der Waals surface area (Å²) in [6.07, 6.45) is 0.693. The molecule has 18 heavy (non-hydrogen) atoms. The normalized spacial score (nSPS) is 24.3. The summed E-state index contributed by atoms with van der Waals surface area (Å²) in [5, 5.41) is 8.54. The molecule has 0 amide bonds. The standard InChI is InChI=1S/C12H16N2O2S2/c1-10-4-5-14(6-7-18(10,15)16)9-12-3-2-11(8-13)17-12/h2-3,10H,4-7,9H2,1H3. The highest BCUT2D eigenvalue weighted by Crippen LogP contribution is 2.20. The van der Waals surface area contributed by atoms with Crippen LogP contribution in [0.25, 0.3) is 0 Å². The van der Waals surface area contributed by atoms with Crippen molar-refractivity contribution in [2.24, 2.45) is 0 Å². The first-order chi connectivity index (χ1) is 8.51. The van der Waals surface area contributed by atoms with E-state index in [1.54, 1.807) is 6.92 Å². The number of rotatable bonds is 2. The molecular formula is C12H16N2O2S2. The molecule has 1 saturated heterocycles. The fourth-order valence-corrected chi connectivity index (χ4v) is 4.24. The largest absolute Gasteiger partial charge is 0.297 e. The van der Waals surface area contributed by atoms with Crippen molar-refractivity contribution in [3.05, 3.63) is 21.9 Å². The third kappa shape index (κ3) is 3.10. The van der Waals surface area contributed by atoms with Crippen LogP contribution in [-0.4, -0.2) is 37.4 Å². The zero-order valence-corrected chi connectivity index (χ0v) is 11.9. The van der Waals surface area contributed by atoms with Crippen molar-refractivity contribution in [3.8, 4) is 6.07 Å². The Hall–Kier alpha value is -0.900. The maximum Gasteiger partial charge on any atom is 0.154 e. The van der Waals surface area contributed by atoms with Gasteiger partial charge < -0.3 is 0 Å². The maximum atomic E-state index is 11.8. The minimum absolute atomic E-state index is 0.236. The van der Waals surface area contributed by atoms with E-state index in [1.807, 2.05) is 12.1 Å². The molecule has 1 aliphatic rings. The van der Waals surface area contributed by atoms with Gasteiger partial charge in [0.1, 0.15) is 10.9 Å². The van der Waals surface area contributed by atoms with Gasteiger partial charge in [-0.1, -0.05) is 0 Å². The molecule has 1 unspecified atom stereocenters. The second-order valence-electron chi connectivity index (χ2n) is 4.62. The summed E-state index contributed by atoms with van der Waals surface area (Å²) in [4.78, 5) is 3.99. The number of nitriles is 1. The Bertz CT molecular complexity index is 557. The van der Waals surface area contributed by atoms with Crippen molar-refractivity contribution in [1.82, 2.24) is 4.90 Å². The fraction of sp³-hybridized carbons (Fsp3) is 0.583. The van der Waals surface area contributed by atoms with E-state index in [0.717, 1.165) is 18.0 Å². The van der Waals surface area contributed by atoms with E-state index < -0.39 is 9.84 Å². The first-order valence-electron chi connectivity index (χ1n) is 5.94. The van der Waals surface area contributed by atoms with E-state index in [9.17, 15) is 8.42 Å². The van der Waals surface area contributed by atoms with Gasteiger partial charge in [0.05, 0.1) is 11.0 Å². The summed E-state index contributed by atoms with van der Waals surface area (Å²) in [6.45, 7) is 3.93. The lowest BCUT2D eigenvalue weighted by Gasteiger charge is -2.17. The van der Waals surface area contributed by atoms with E-state index in [4.69, 9.17) is 5.26 Å². The van der Waals surface area contributed by atoms with Crippen molar-refractivity contribution < 1.29 is 8.42 Å². The average molecular weight is 284 g/mol. The van der Waals surface area contributed by atoms with Crippen LogP contribution < -0.4 is 0 Å². The molecule has 0 radical (unpaired) electrons. The van der Waals surface area contributed by atoms with Gasteiger partial charge in [-0.2, -0.15) is 5.26 Å². The molecule has 0 aliphatic carbocycles. The Kier molecular flexibility index (Phi) is 4.05. The van der Waals surface area contributed by atoms with E-state index in [1.165, 1.54) is 11.3 Å². The molecule has 1 aliphatic heterocycles. The summed E-state index contributed by atoms with van der Waals surface area (Å²) < 4.78 is 23.6. The van der Waals surface area contributed by atoms with Crippen LogP contribution >= 0.6 is 11.3 Å². The van der Waals surface area contributed by atoms with Gasteiger partial charge in [-0.15, -0.1) is 11.3 Å². The maximum absolute atomic E-state index is 11.8. The van der Waals surface area contributed by atoms with Crippen LogP contribution in [0.4, 0.5) is 0 Å². The first kappa shape index (κ1) is 13.5. The molecule has 1 aromatic heterocycles. The van der Waals surface area contributed by atoms with Crippen LogP contribution in [0.1, 0.15) is 23.1 Å². The molecule has 1 atom stereocenters. The predicted molar refractivity (Wildman–Crippen MR) is 72.2 cm³/mol. The number of sulfone groups is 1. The van der Waals surface area contributed by atoms with E-state index in [0.29, 0.717) is 17.8 Å². The third-order valence-electron chi connectivity index (χ3n) is 3.31. The van der Waals surface area contributed by atoms with Gasteiger partial charge in [0, 0.05) is 18.0 Å². The number of hydrogen-bond acceptors (Lipinski definition) is 5. The van der Waals surface area contributed by atoms with Crippen molar-refractivity contribution in [1.29, 1.82) is 5.26 Å². The Balaban J connectivity index is 2.01. The van der Waals surface area contributed by atoms with E-state index in [-0.39, 0.29) is 11.0 Å². The second kappa shape index (κ2) is 5.39. The van der Waals surface area contributed by atoms with Crippen molar-refractivity contribution >= 4 is 21.2 Å². The summed E-state index contributed by atoms with van der Waals surface area (Å²) in [7, 11) is -2.91. The minimum atomic E-state index is -2.91. The summed E-state index contributed by atoms with van der Waals surface area (Å²) >= 11 is 1.48. The van der Waals surface area contributed by atoms with Crippen LogP contribution in [0.3, 0.4) is 0 Å². The molecule has 2 rings (SSSR count). The van der Waals surface area contributed by atoms with Gasteiger partial charge in [0.15, 0.2) is 9.84 Å². The van der Waals surface area contributed by atoms with Gasteiger partial charge >= 0.3 is 0 Å². The molecule has 2 heterocycles. The monoisotopic (exact) mass is 284 g/mol. The lowest BCUT2D eigenvalue weighted by atomic mass is 10.3. The van der Waals surface area contributed by atoms with Gasteiger partial charge in [-0.05, 0) is 32.0 Å². The average Bonchev–Trinajstić information content (AvgIpc) is 2.74. The number of hydrogen-bond donors (Lipinski definition) is 0. The molecule has 1 aromatic rings. The summed E-state index contributed by atoms with van der Waals surface area (Å²) in [5.74, 6) is 0.241. The zero-order valence-electron chi connectivity index (χ0n) is 10.3. The van der Waals surface area contributed by atoms with Gasteiger partial charge in [0.2, 0.25) is 0 Å². The molecule has 98 valence electrons. The fourth-order valence-electron chi connectivity index (χ4n) is 2.01. The highest BCUT2D eigenvalue weighted by Gasteiger charge is 2.26. The Labute approximate surface area is 112 Å². The van der Waals surface area contributed by atoms with Gasteiger partial charge in [-0.25, -0.2) is 8.42 Å². The van der Waals surface area contributed by atoms with Crippen molar-refractivity contribution in [2.45, 2.75) is 25.1 Å². The van der Waals surface area contributed by atoms with Crippen molar-refractivity contribution in [2.75, 3.05) is 18.8 Å². The summed E-state index contributed by atoms with van der Waals surface area (Å²) in [6, 6.07) is 5.89. The lowest BCUT2D eigenvalue weighted by Crippen LogP contribution is -2.26. The third-order valence-corrected chi connectivity index (χ3v) is 6.50. The molecule has 4 nitrogen and oxygen atoms in total. The first-order valence-corrected chi connectivity index (χ1v) is 8.47. The van der Waals surface area contributed by atoms with Gasteiger partial charge in [-0.3, -0.25) is 4.90 Å². The molecule has 0 aromatic carbocycles. The highest BCUT2D eigenvalue weighted by molar-refractivity contribution is 7.92. The zero-order chi connectivity index (χ0) is 13.2. The molecule has 0 bridgehead atoms. The number of nitrogens with zero attached hydrogens (tertiary/aromatic N) is 2. The lowest BCUT2D eigenvalue weighted by molar-refractivity contribution is 0.286. The van der Waals surface area contributed by atoms with Crippen molar-refractivity contribution in [3.63, 3.8) is 0 Å². The quantitative estimate of drug-likeness (QED) is 0.828. The predicted octanol–water partition coefficient (Wildman–Crippen LogP) is 1.63. The van der Waals surface area contributed by atoms with Crippen LogP contribution in [-0.2, 0) is 16.4 Å². The van der Waals surface area contributed by atoms with E-state index in [2.05, 4.69) is 11.0 Å². The van der Waals surface area contributed by atoms with Crippen LogP contribution in [0.5, 0.6) is 0 Å².